The van der Waals surface area contributed by atoms with Gasteiger partial charge >= 0.3 is 0 Å². The Morgan fingerprint density at radius 2 is 1.33 bits per heavy atom. The van der Waals surface area contributed by atoms with E-state index in [-0.39, 0.29) is 9.52 Å². The summed E-state index contributed by atoms with van der Waals surface area (Å²) in [5, 5.41) is 4.21. The number of hydrogen-bond acceptors (Lipinski definition) is 2. The minimum atomic E-state index is 0.182. The fourth-order valence-electron chi connectivity index (χ4n) is 1.23. The van der Waals surface area contributed by atoms with E-state index in [0.29, 0.717) is 0 Å². The predicted molar refractivity (Wildman–Crippen MR) is 74.5 cm³/mol. The van der Waals surface area contributed by atoms with Crippen molar-refractivity contribution in [1.29, 1.82) is 0 Å². The van der Waals surface area contributed by atoms with Crippen LogP contribution in [-0.2, 0) is 0 Å². The highest BCUT2D eigenvalue weighted by molar-refractivity contribution is 7.20. The molecule has 0 aromatic carbocycles. The van der Waals surface area contributed by atoms with Gasteiger partial charge in [0.1, 0.15) is 0 Å². The highest BCUT2D eigenvalue weighted by Crippen LogP contribution is 2.28. The van der Waals surface area contributed by atoms with Crippen LogP contribution in [0.5, 0.6) is 0 Å². The topological polar surface area (TPSA) is 0 Å². The van der Waals surface area contributed by atoms with Crippen molar-refractivity contribution in [1.82, 2.24) is 0 Å². The average molecular weight is 248 g/mol. The number of allylic oxidation sites excluding steroid dienone is 2. The molecular formula is C12H12S2Si. The second kappa shape index (κ2) is 5.85. The highest BCUT2D eigenvalue weighted by Gasteiger charge is 1.96. The molecule has 2 aromatic heterocycles. The van der Waals surface area contributed by atoms with E-state index in [1.165, 1.54) is 9.75 Å². The Morgan fingerprint density at radius 3 is 1.60 bits per heavy atom. The summed E-state index contributed by atoms with van der Waals surface area (Å²) in [6.07, 6.45) is 4.23. The summed E-state index contributed by atoms with van der Waals surface area (Å²) in [6.45, 7) is 0. The maximum Gasteiger partial charge on any atom is 0.0691 e. The van der Waals surface area contributed by atoms with Crippen molar-refractivity contribution in [3.05, 3.63) is 58.6 Å². The second-order valence-electron chi connectivity index (χ2n) is 3.05. The van der Waals surface area contributed by atoms with Crippen LogP contribution < -0.4 is 0 Å². The zero-order valence-electron chi connectivity index (χ0n) is 8.30. The summed E-state index contributed by atoms with van der Waals surface area (Å²) in [7, 11) is 0.182. The first-order valence-corrected chi connectivity index (χ1v) is 8.25. The summed E-state index contributed by atoms with van der Waals surface area (Å²) >= 11 is 3.58. The predicted octanol–water partition coefficient (Wildman–Crippen LogP) is 3.67. The van der Waals surface area contributed by atoms with Gasteiger partial charge in [-0.25, -0.2) is 0 Å². The lowest BCUT2D eigenvalue weighted by atomic mass is 10.4. The van der Waals surface area contributed by atoms with Gasteiger partial charge in [0.05, 0.1) is 9.52 Å². The average Bonchev–Trinajstić information content (AvgIpc) is 3.06. The molecule has 0 aliphatic carbocycles. The molecule has 2 aromatic rings. The molecule has 0 atom stereocenters. The molecular weight excluding hydrogens is 236 g/mol. The van der Waals surface area contributed by atoms with E-state index in [2.05, 4.69) is 58.6 Å². The molecule has 3 heterocycles. The molecule has 0 bridgehead atoms. The summed E-state index contributed by atoms with van der Waals surface area (Å²) in [4.78, 5) is 2.74. The van der Waals surface area contributed by atoms with E-state index in [1.54, 1.807) is 22.7 Å². The molecule has 0 unspecified atom stereocenters. The van der Waals surface area contributed by atoms with Gasteiger partial charge in [0.2, 0.25) is 0 Å². The molecule has 0 amide bonds. The van der Waals surface area contributed by atoms with Crippen LogP contribution in [0, 0.1) is 0 Å². The van der Waals surface area contributed by atoms with E-state index in [9.17, 15) is 0 Å². The summed E-state index contributed by atoms with van der Waals surface area (Å²) < 4.78 is 0. The Morgan fingerprint density at radius 1 is 0.800 bits per heavy atom. The summed E-state index contributed by atoms with van der Waals surface area (Å²) in [5.41, 5.74) is 4.53. The van der Waals surface area contributed by atoms with Crippen LogP contribution in [-0.4, -0.2) is 9.52 Å². The first kappa shape index (κ1) is 10.6. The lowest BCUT2D eigenvalue weighted by Gasteiger charge is -1.84. The molecule has 15 heavy (non-hydrogen) atoms. The molecule has 0 saturated heterocycles. The number of thiophene rings is 2. The van der Waals surface area contributed by atoms with E-state index >= 15 is 0 Å². The summed E-state index contributed by atoms with van der Waals surface area (Å²) in [6, 6.07) is 8.46. The van der Waals surface area contributed by atoms with Gasteiger partial charge in [-0.15, -0.1) is 22.7 Å². The van der Waals surface area contributed by atoms with Crippen molar-refractivity contribution in [2.75, 3.05) is 0 Å². The molecule has 1 aliphatic heterocycles. The minimum Gasteiger partial charge on any atom is -0.143 e. The number of rotatable bonds is 1. The van der Waals surface area contributed by atoms with Crippen molar-refractivity contribution in [2.24, 2.45) is 0 Å². The molecule has 0 spiro atoms. The third-order valence-electron chi connectivity index (χ3n) is 1.94. The van der Waals surface area contributed by atoms with Crippen LogP contribution in [0.3, 0.4) is 0 Å². The van der Waals surface area contributed by atoms with Gasteiger partial charge in [-0.2, -0.15) is 0 Å². The van der Waals surface area contributed by atoms with Gasteiger partial charge in [-0.05, 0) is 22.9 Å². The molecule has 0 radical (unpaired) electrons. The third kappa shape index (κ3) is 3.30. The van der Waals surface area contributed by atoms with Crippen molar-refractivity contribution in [3.8, 4) is 9.75 Å². The standard InChI is InChI=1S/C8H6S2.C4H6Si/c1-3-7(9-5-1)8-4-2-6-10-8;1-2-4-5-3-1/h1-6H;1-4H,5H2. The van der Waals surface area contributed by atoms with Gasteiger partial charge in [0, 0.05) is 9.75 Å². The van der Waals surface area contributed by atoms with Crippen molar-refractivity contribution >= 4 is 32.2 Å². The maximum atomic E-state index is 2.26. The van der Waals surface area contributed by atoms with Crippen LogP contribution in [0.2, 0.25) is 0 Å². The van der Waals surface area contributed by atoms with E-state index < -0.39 is 0 Å². The smallest absolute Gasteiger partial charge is 0.0691 e. The molecule has 3 rings (SSSR count). The second-order valence-corrected chi connectivity index (χ2v) is 6.36. The SMILES string of the molecule is C1=C[SiH2]C=C1.c1csc(-c2cccs2)c1. The maximum absolute atomic E-state index is 2.26. The Kier molecular flexibility index (Phi) is 4.14. The minimum absolute atomic E-state index is 0.182. The van der Waals surface area contributed by atoms with E-state index in [0.717, 1.165) is 0 Å². The molecule has 0 nitrogen and oxygen atoms in total. The molecule has 3 heteroatoms. The lowest BCUT2D eigenvalue weighted by molar-refractivity contribution is 1.93. The van der Waals surface area contributed by atoms with Gasteiger partial charge in [-0.3, -0.25) is 0 Å². The Hall–Kier alpha value is -0.903. The molecule has 0 N–H and O–H groups in total. The zero-order valence-corrected chi connectivity index (χ0v) is 11.3. The van der Waals surface area contributed by atoms with Crippen LogP contribution >= 0.6 is 22.7 Å². The van der Waals surface area contributed by atoms with Crippen LogP contribution in [0.15, 0.2) is 58.6 Å². The highest BCUT2D eigenvalue weighted by atomic mass is 32.1. The molecule has 1 aliphatic rings. The lowest BCUT2D eigenvalue weighted by Crippen LogP contribution is -1.63. The fourth-order valence-corrected chi connectivity index (χ4v) is 3.59. The number of hydrogen-bond donors (Lipinski definition) is 0. The quantitative estimate of drug-likeness (QED) is 0.676. The molecule has 0 fully saturated rings. The van der Waals surface area contributed by atoms with Crippen LogP contribution in [0.25, 0.3) is 9.75 Å². The van der Waals surface area contributed by atoms with Gasteiger partial charge in [0.15, 0.2) is 0 Å². The monoisotopic (exact) mass is 248 g/mol. The molecule has 0 saturated carbocycles. The summed E-state index contributed by atoms with van der Waals surface area (Å²) in [5.74, 6) is 0. The third-order valence-corrected chi connectivity index (χ3v) is 4.96. The van der Waals surface area contributed by atoms with Gasteiger partial charge < -0.3 is 0 Å². The zero-order chi connectivity index (χ0) is 10.3. The fraction of sp³-hybridized carbons (Fsp3) is 0. The van der Waals surface area contributed by atoms with E-state index in [4.69, 9.17) is 0 Å². The Bertz CT molecular complexity index is 382. The van der Waals surface area contributed by atoms with Crippen molar-refractivity contribution < 1.29 is 0 Å². The molecule has 76 valence electrons. The first-order valence-electron chi connectivity index (χ1n) is 4.86. The van der Waals surface area contributed by atoms with Crippen LogP contribution in [0.1, 0.15) is 0 Å². The largest absolute Gasteiger partial charge is 0.143 e. The van der Waals surface area contributed by atoms with Gasteiger partial charge in [0.25, 0.3) is 0 Å². The van der Waals surface area contributed by atoms with E-state index in [1.807, 2.05) is 0 Å². The normalized spacial score (nSPS) is 12.5. The van der Waals surface area contributed by atoms with Crippen molar-refractivity contribution in [2.45, 2.75) is 0 Å². The first-order chi connectivity index (χ1) is 7.47. The van der Waals surface area contributed by atoms with Gasteiger partial charge in [-0.1, -0.05) is 35.7 Å². The Labute approximate surface area is 100 Å². The van der Waals surface area contributed by atoms with Crippen molar-refractivity contribution in [3.63, 3.8) is 0 Å². The Balaban J connectivity index is 0.000000144. The van der Waals surface area contributed by atoms with Crippen LogP contribution in [0.4, 0.5) is 0 Å².